The number of hydrogen-bond donors (Lipinski definition) is 2. The number of aryl methyl sites for hydroxylation is 2. The van der Waals surface area contributed by atoms with Crippen molar-refractivity contribution in [2.75, 3.05) is 19.7 Å². The van der Waals surface area contributed by atoms with Crippen LogP contribution in [0.25, 0.3) is 0 Å². The Kier molecular flexibility index (Phi) is 13.3. The van der Waals surface area contributed by atoms with Gasteiger partial charge in [-0.2, -0.15) is 0 Å². The van der Waals surface area contributed by atoms with Crippen LogP contribution < -0.4 is 10.6 Å². The van der Waals surface area contributed by atoms with Crippen LogP contribution in [0.15, 0.2) is 18.2 Å². The summed E-state index contributed by atoms with van der Waals surface area (Å²) in [6, 6.07) is 3.95. The van der Waals surface area contributed by atoms with E-state index in [0.29, 0.717) is 24.9 Å². The van der Waals surface area contributed by atoms with E-state index in [1.54, 1.807) is 27.7 Å². The molecule has 0 aliphatic heterocycles. The quantitative estimate of drug-likeness (QED) is 0.359. The Bertz CT molecular complexity index is 954. The van der Waals surface area contributed by atoms with Crippen molar-refractivity contribution in [1.82, 2.24) is 15.5 Å². The predicted molar refractivity (Wildman–Crippen MR) is 148 cm³/mol. The second-order valence-electron chi connectivity index (χ2n) is 11.0. The largest absolute Gasteiger partial charge is 0.466 e. The third kappa shape index (κ3) is 11.1. The highest BCUT2D eigenvalue weighted by Crippen LogP contribution is 2.27. The van der Waals surface area contributed by atoms with Crippen LogP contribution in [0.3, 0.4) is 0 Å². The average molecular weight is 534 g/mol. The van der Waals surface area contributed by atoms with Crippen molar-refractivity contribution >= 4 is 23.9 Å². The predicted octanol–water partition coefficient (Wildman–Crippen LogP) is 4.59. The van der Waals surface area contributed by atoms with Crippen LogP contribution >= 0.6 is 0 Å². The van der Waals surface area contributed by atoms with Crippen molar-refractivity contribution in [2.24, 2.45) is 5.92 Å². The molecule has 9 heteroatoms. The van der Waals surface area contributed by atoms with E-state index in [1.807, 2.05) is 52.8 Å². The van der Waals surface area contributed by atoms with Crippen LogP contribution in [-0.4, -0.2) is 60.1 Å². The number of carbonyl (C=O) groups is 4. The fourth-order valence-electron chi connectivity index (χ4n) is 4.07. The lowest BCUT2D eigenvalue weighted by atomic mass is 9.95. The first kappa shape index (κ1) is 32.9. The molecule has 2 unspecified atom stereocenters. The number of nitrogens with zero attached hydrogens (tertiary/aromatic N) is 1. The van der Waals surface area contributed by atoms with Gasteiger partial charge in [-0.1, -0.05) is 44.5 Å². The van der Waals surface area contributed by atoms with E-state index in [2.05, 4.69) is 10.6 Å². The molecule has 0 fully saturated rings. The zero-order chi connectivity index (χ0) is 29.0. The van der Waals surface area contributed by atoms with Gasteiger partial charge >= 0.3 is 12.1 Å². The molecule has 0 saturated carbocycles. The zero-order valence-corrected chi connectivity index (χ0v) is 24.6. The van der Waals surface area contributed by atoms with Crippen LogP contribution in [0.2, 0.25) is 0 Å². The van der Waals surface area contributed by atoms with Crippen LogP contribution in [0.5, 0.6) is 0 Å². The van der Waals surface area contributed by atoms with Gasteiger partial charge in [0, 0.05) is 13.1 Å². The summed E-state index contributed by atoms with van der Waals surface area (Å²) in [5.41, 5.74) is 1.78. The lowest BCUT2D eigenvalue weighted by Gasteiger charge is -2.35. The number of rotatable bonds is 13. The van der Waals surface area contributed by atoms with Crippen LogP contribution in [0.1, 0.15) is 90.5 Å². The number of hydrogen-bond acceptors (Lipinski definition) is 6. The number of alkyl carbamates (subject to hydrolysis) is 1. The first-order valence-corrected chi connectivity index (χ1v) is 13.5. The molecule has 0 aliphatic rings. The highest BCUT2D eigenvalue weighted by atomic mass is 16.6. The summed E-state index contributed by atoms with van der Waals surface area (Å²) in [5, 5.41) is 5.56. The highest BCUT2D eigenvalue weighted by Gasteiger charge is 2.36. The van der Waals surface area contributed by atoms with Crippen LogP contribution in [-0.2, 0) is 23.9 Å². The maximum Gasteiger partial charge on any atom is 0.408 e. The molecule has 0 radical (unpaired) electrons. The molecule has 38 heavy (non-hydrogen) atoms. The molecule has 0 bridgehead atoms. The number of benzene rings is 1. The molecule has 0 saturated heterocycles. The van der Waals surface area contributed by atoms with Gasteiger partial charge in [-0.25, -0.2) is 4.79 Å². The Balaban J connectivity index is 3.43. The van der Waals surface area contributed by atoms with Gasteiger partial charge in [0.05, 0.1) is 13.0 Å². The van der Waals surface area contributed by atoms with Crippen molar-refractivity contribution < 1.29 is 28.7 Å². The van der Waals surface area contributed by atoms with E-state index in [9.17, 15) is 19.2 Å². The minimum Gasteiger partial charge on any atom is -0.466 e. The van der Waals surface area contributed by atoms with E-state index in [4.69, 9.17) is 9.47 Å². The SMILES string of the molecule is CCCN(C(=O)C(CC(C)C)NC(=O)OC(C)(C)C)C(C(=O)NCCC(=O)OCC)c1cc(C)ccc1C. The molecule has 1 aromatic rings. The normalized spacial score (nSPS) is 12.9. The van der Waals surface area contributed by atoms with E-state index in [0.717, 1.165) is 11.1 Å². The van der Waals surface area contributed by atoms with E-state index < -0.39 is 35.7 Å². The summed E-state index contributed by atoms with van der Waals surface area (Å²) in [7, 11) is 0. The number of nitrogens with one attached hydrogen (secondary N) is 2. The fourth-order valence-corrected chi connectivity index (χ4v) is 4.07. The van der Waals surface area contributed by atoms with Crippen molar-refractivity contribution in [3.63, 3.8) is 0 Å². The standard InChI is InChI=1S/C29H47N3O6/c1-10-16-32(27(35)23(17-19(3)4)31-28(36)38-29(7,8)9)25(22-18-20(5)12-13-21(22)6)26(34)30-15-14-24(33)37-11-2/h12-13,18-19,23,25H,10-11,14-17H2,1-9H3,(H,30,34)(H,31,36). The van der Waals surface area contributed by atoms with Crippen molar-refractivity contribution in [3.8, 4) is 0 Å². The molecule has 1 rings (SSSR count). The monoisotopic (exact) mass is 533 g/mol. The second-order valence-corrected chi connectivity index (χ2v) is 11.0. The van der Waals surface area contributed by atoms with Gasteiger partial charge < -0.3 is 25.0 Å². The first-order chi connectivity index (χ1) is 17.7. The summed E-state index contributed by atoms with van der Waals surface area (Å²) in [5.74, 6) is -1.07. The Morgan fingerprint density at radius 2 is 1.71 bits per heavy atom. The Morgan fingerprint density at radius 1 is 1.05 bits per heavy atom. The van der Waals surface area contributed by atoms with Crippen molar-refractivity contribution in [2.45, 2.75) is 99.3 Å². The molecular weight excluding hydrogens is 486 g/mol. The second kappa shape index (κ2) is 15.3. The van der Waals surface area contributed by atoms with Gasteiger partial charge in [0.25, 0.3) is 0 Å². The molecule has 2 N–H and O–H groups in total. The smallest absolute Gasteiger partial charge is 0.408 e. The van der Waals surface area contributed by atoms with Gasteiger partial charge in [-0.3, -0.25) is 14.4 Å². The maximum absolute atomic E-state index is 14.1. The molecule has 214 valence electrons. The minimum absolute atomic E-state index is 0.0248. The Morgan fingerprint density at radius 3 is 2.26 bits per heavy atom. The van der Waals surface area contributed by atoms with Gasteiger partial charge in [0.2, 0.25) is 11.8 Å². The molecule has 2 atom stereocenters. The lowest BCUT2D eigenvalue weighted by Crippen LogP contribution is -2.53. The maximum atomic E-state index is 14.1. The third-order valence-corrected chi connectivity index (χ3v) is 5.67. The lowest BCUT2D eigenvalue weighted by molar-refractivity contribution is -0.144. The molecule has 3 amide bonds. The summed E-state index contributed by atoms with van der Waals surface area (Å²) in [6.45, 7) is 17.3. The number of ether oxygens (including phenoxy) is 2. The van der Waals surface area contributed by atoms with Crippen molar-refractivity contribution in [3.05, 3.63) is 34.9 Å². The molecule has 9 nitrogen and oxygen atoms in total. The van der Waals surface area contributed by atoms with Crippen molar-refractivity contribution in [1.29, 1.82) is 0 Å². The molecule has 0 heterocycles. The van der Waals surface area contributed by atoms with E-state index in [-0.39, 0.29) is 31.4 Å². The third-order valence-electron chi connectivity index (χ3n) is 5.67. The van der Waals surface area contributed by atoms with Gasteiger partial charge in [0.15, 0.2) is 0 Å². The number of esters is 1. The summed E-state index contributed by atoms with van der Waals surface area (Å²) < 4.78 is 10.4. The summed E-state index contributed by atoms with van der Waals surface area (Å²) in [6.07, 6.45) is 0.318. The van der Waals surface area contributed by atoms with Gasteiger partial charge in [-0.15, -0.1) is 0 Å². The minimum atomic E-state index is -0.945. The average Bonchev–Trinajstić information content (AvgIpc) is 2.78. The molecule has 0 spiro atoms. The van der Waals surface area contributed by atoms with Gasteiger partial charge in [0.1, 0.15) is 17.7 Å². The van der Waals surface area contributed by atoms with Crippen LogP contribution in [0, 0.1) is 19.8 Å². The summed E-state index contributed by atoms with van der Waals surface area (Å²) >= 11 is 0. The first-order valence-electron chi connectivity index (χ1n) is 13.5. The molecule has 0 aliphatic carbocycles. The highest BCUT2D eigenvalue weighted by molar-refractivity contribution is 5.92. The van der Waals surface area contributed by atoms with E-state index in [1.165, 1.54) is 4.90 Å². The molecule has 0 aromatic heterocycles. The Hall–Kier alpha value is -3.10. The van der Waals surface area contributed by atoms with Crippen LogP contribution in [0.4, 0.5) is 4.79 Å². The zero-order valence-electron chi connectivity index (χ0n) is 24.6. The molecule has 1 aromatic carbocycles. The number of amides is 3. The van der Waals surface area contributed by atoms with E-state index >= 15 is 0 Å². The number of carbonyl (C=O) groups excluding carboxylic acids is 4. The fraction of sp³-hybridized carbons (Fsp3) is 0.655. The Labute approximate surface area is 228 Å². The van der Waals surface area contributed by atoms with Gasteiger partial charge in [-0.05, 0) is 71.4 Å². The topological polar surface area (TPSA) is 114 Å². The summed E-state index contributed by atoms with van der Waals surface area (Å²) in [4.78, 5) is 53.7. The molecular formula is C29H47N3O6.